The van der Waals surface area contributed by atoms with E-state index in [2.05, 4.69) is 264 Å². The monoisotopic (exact) mass is 940 g/mol. The van der Waals surface area contributed by atoms with Gasteiger partial charge in [-0.05, 0) is 150 Å². The van der Waals surface area contributed by atoms with Crippen molar-refractivity contribution in [3.05, 3.63) is 306 Å². The lowest BCUT2D eigenvalue weighted by Gasteiger charge is -2.30. The highest BCUT2D eigenvalue weighted by Gasteiger charge is 2.23. The summed E-state index contributed by atoms with van der Waals surface area (Å²) >= 11 is 0. The lowest BCUT2D eigenvalue weighted by Crippen LogP contribution is -2.18. The van der Waals surface area contributed by atoms with Crippen LogP contribution in [0.15, 0.2) is 284 Å². The zero-order valence-corrected chi connectivity index (χ0v) is 43.7. The average Bonchev–Trinajstić information content (AvgIpc) is 3.60. The van der Waals surface area contributed by atoms with E-state index in [1.807, 2.05) is 51.1 Å². The molecule has 1 atom stereocenters. The smallest absolute Gasteiger partial charge is 0.0534 e. The van der Waals surface area contributed by atoms with Crippen LogP contribution in [0.2, 0.25) is 0 Å². The molecule has 0 fully saturated rings. The fourth-order valence-electron chi connectivity index (χ4n) is 8.82. The molecule has 0 N–H and O–H groups in total. The van der Waals surface area contributed by atoms with Gasteiger partial charge >= 0.3 is 0 Å². The highest BCUT2D eigenvalue weighted by molar-refractivity contribution is 5.87. The second-order valence-corrected chi connectivity index (χ2v) is 18.0. The van der Waals surface area contributed by atoms with E-state index in [4.69, 9.17) is 0 Å². The van der Waals surface area contributed by atoms with Gasteiger partial charge in [0.1, 0.15) is 0 Å². The number of anilines is 2. The fourth-order valence-corrected chi connectivity index (χ4v) is 8.82. The van der Waals surface area contributed by atoms with Crippen LogP contribution in [0.5, 0.6) is 0 Å². The Labute approximate surface area is 433 Å². The first-order chi connectivity index (χ1) is 35.2. The number of hydrogen-bond acceptors (Lipinski definition) is 1. The summed E-state index contributed by atoms with van der Waals surface area (Å²) in [5.74, 6) is 0.628. The molecule has 9 rings (SSSR count). The summed E-state index contributed by atoms with van der Waals surface area (Å²) in [5, 5.41) is 0. The standard InChI is InChI=1S/C32H25N.C23H26.C14H16.C2H6/c1-3-11-24(12-4-1)28-21-29(25-13-5-2-6-14-25)23-30(22-28)33-31-17-9-7-15-26(31)19-20-27-16-8-10-18-32(27)33;1-5-9-23(21-10-7-6-8-11-21)17-19(3)13-15-22-16-18(2)12-14-20(22)4;1-4-6-13(7-5-2)14-10-8-12(3)9-11-14;1-2/h1-7,9-15,17-23H,8,16H2;5-15,17-18H,1,16H2,2-4H3;4-11H,1H2,2-3H3;1-2H3/b;15-13-,19-17+,23-9+;7-5-,13-6+;. The van der Waals surface area contributed by atoms with Crippen molar-refractivity contribution in [2.75, 3.05) is 4.90 Å². The molecule has 0 radical (unpaired) electrons. The number of fused-ring (bicyclic) bond motifs is 1. The molecule has 0 bridgehead atoms. The molecule has 0 spiro atoms. The third-order valence-electron chi connectivity index (χ3n) is 12.5. The summed E-state index contributed by atoms with van der Waals surface area (Å²) in [6.45, 7) is 22.3. The number of rotatable bonds is 11. The predicted octanol–water partition coefficient (Wildman–Crippen LogP) is 20.6. The zero-order chi connectivity index (χ0) is 51.1. The summed E-state index contributed by atoms with van der Waals surface area (Å²) in [7, 11) is 0. The first-order valence-corrected chi connectivity index (χ1v) is 25.6. The maximum absolute atomic E-state index is 3.83. The van der Waals surface area contributed by atoms with Crippen molar-refractivity contribution in [3.63, 3.8) is 0 Å². The van der Waals surface area contributed by atoms with Crippen LogP contribution < -0.4 is 4.90 Å². The number of para-hydroxylation sites is 1. The molecular formula is C71H73N. The Hall–Kier alpha value is -8.00. The van der Waals surface area contributed by atoms with Crippen LogP contribution in [0, 0.1) is 12.8 Å². The van der Waals surface area contributed by atoms with Crippen molar-refractivity contribution < 1.29 is 0 Å². The van der Waals surface area contributed by atoms with E-state index in [0.717, 1.165) is 19.3 Å². The molecule has 1 heteroatoms. The molecule has 6 aromatic rings. The fraction of sp³-hybridized carbons (Fsp3) is 0.155. The van der Waals surface area contributed by atoms with Gasteiger partial charge in [-0.25, -0.2) is 0 Å². The molecule has 2 aliphatic carbocycles. The van der Waals surface area contributed by atoms with Crippen molar-refractivity contribution in [1.82, 2.24) is 0 Å². The van der Waals surface area contributed by atoms with E-state index < -0.39 is 0 Å². The molecule has 0 amide bonds. The van der Waals surface area contributed by atoms with Gasteiger partial charge in [-0.15, -0.1) is 0 Å². The third kappa shape index (κ3) is 15.0. The predicted molar refractivity (Wildman–Crippen MR) is 319 cm³/mol. The van der Waals surface area contributed by atoms with Gasteiger partial charge < -0.3 is 4.90 Å². The van der Waals surface area contributed by atoms with E-state index in [1.54, 1.807) is 0 Å². The molecular weight excluding hydrogens is 867 g/mol. The Bertz CT molecular complexity index is 2990. The molecule has 0 aromatic heterocycles. The first kappa shape index (κ1) is 53.4. The minimum absolute atomic E-state index is 0.628. The molecule has 6 aromatic carbocycles. The van der Waals surface area contributed by atoms with E-state index in [-0.39, 0.29) is 0 Å². The van der Waals surface area contributed by atoms with Crippen molar-refractivity contribution in [1.29, 1.82) is 0 Å². The Morgan fingerprint density at radius 3 is 1.82 bits per heavy atom. The van der Waals surface area contributed by atoms with Gasteiger partial charge in [0.05, 0.1) is 5.69 Å². The summed E-state index contributed by atoms with van der Waals surface area (Å²) in [6.07, 6.45) is 35.5. The quantitative estimate of drug-likeness (QED) is 0.117. The molecule has 1 unspecified atom stereocenters. The topological polar surface area (TPSA) is 3.24 Å². The molecule has 0 saturated heterocycles. The molecule has 1 heterocycles. The molecule has 0 saturated carbocycles. The molecule has 1 nitrogen and oxygen atoms in total. The minimum Gasteiger partial charge on any atom is -0.310 e. The van der Waals surface area contributed by atoms with Gasteiger partial charge in [0, 0.05) is 11.4 Å². The highest BCUT2D eigenvalue weighted by atomic mass is 15.2. The molecule has 72 heavy (non-hydrogen) atoms. The Morgan fingerprint density at radius 2 is 1.19 bits per heavy atom. The normalized spacial score (nSPS) is 15.3. The highest BCUT2D eigenvalue weighted by Crippen LogP contribution is 2.42. The SMILES string of the molecule is C1=CC2=C(C=Cc3ccccc3N2c2cc(-c3ccccc3)cc(-c3ccccc3)c2)CC1.C=C/C=C(\C=C/C)c1ccc(C)cc1.C=C\C=C(/C=C(C)/C=C\C1=C(C)C=CC(C)C1)c1ccccc1.CC. The summed E-state index contributed by atoms with van der Waals surface area (Å²) in [6, 6.07) is 56.0. The van der Waals surface area contributed by atoms with Gasteiger partial charge in [-0.1, -0.05) is 264 Å². The lowest BCUT2D eigenvalue weighted by molar-refractivity contribution is 0.711. The zero-order valence-electron chi connectivity index (χ0n) is 43.7. The number of benzene rings is 6. The van der Waals surface area contributed by atoms with Crippen LogP contribution in [0.25, 0.3) is 39.5 Å². The summed E-state index contributed by atoms with van der Waals surface area (Å²) in [4.78, 5) is 2.44. The Balaban J connectivity index is 0.000000189. The van der Waals surface area contributed by atoms with Crippen LogP contribution in [-0.2, 0) is 0 Å². The summed E-state index contributed by atoms with van der Waals surface area (Å²) < 4.78 is 0. The van der Waals surface area contributed by atoms with E-state index >= 15 is 0 Å². The van der Waals surface area contributed by atoms with Gasteiger partial charge in [0.15, 0.2) is 0 Å². The lowest BCUT2D eigenvalue weighted by atomic mass is 9.91. The van der Waals surface area contributed by atoms with Crippen molar-refractivity contribution in [2.45, 2.75) is 67.7 Å². The second kappa shape index (κ2) is 28.0. The number of hydrogen-bond donors (Lipinski definition) is 0. The van der Waals surface area contributed by atoms with Gasteiger partial charge in [0.25, 0.3) is 0 Å². The minimum atomic E-state index is 0.628. The molecule has 1 aliphatic heterocycles. The van der Waals surface area contributed by atoms with Crippen LogP contribution >= 0.6 is 0 Å². The van der Waals surface area contributed by atoms with Gasteiger partial charge in [-0.3, -0.25) is 0 Å². The van der Waals surface area contributed by atoms with Crippen LogP contribution in [0.3, 0.4) is 0 Å². The van der Waals surface area contributed by atoms with E-state index in [1.165, 1.54) is 95.0 Å². The van der Waals surface area contributed by atoms with Gasteiger partial charge in [-0.2, -0.15) is 0 Å². The van der Waals surface area contributed by atoms with Crippen LogP contribution in [0.4, 0.5) is 11.4 Å². The number of aryl methyl sites for hydroxylation is 1. The van der Waals surface area contributed by atoms with Crippen molar-refractivity contribution in [3.8, 4) is 22.3 Å². The Kier molecular flexibility index (Phi) is 20.7. The Morgan fingerprint density at radius 1 is 0.611 bits per heavy atom. The number of allylic oxidation sites excluding steroid dienone is 20. The molecule has 362 valence electrons. The largest absolute Gasteiger partial charge is 0.310 e. The van der Waals surface area contributed by atoms with E-state index in [9.17, 15) is 0 Å². The summed E-state index contributed by atoms with van der Waals surface area (Å²) in [5.41, 5.74) is 21.4. The average molecular weight is 940 g/mol. The third-order valence-corrected chi connectivity index (χ3v) is 12.5. The maximum Gasteiger partial charge on any atom is 0.0534 e. The van der Waals surface area contributed by atoms with Crippen molar-refractivity contribution >= 4 is 28.6 Å². The van der Waals surface area contributed by atoms with Crippen LogP contribution in [0.1, 0.15) is 83.1 Å². The van der Waals surface area contributed by atoms with Crippen LogP contribution in [-0.4, -0.2) is 0 Å². The molecule has 3 aliphatic rings. The first-order valence-electron chi connectivity index (χ1n) is 25.6. The maximum atomic E-state index is 3.83. The van der Waals surface area contributed by atoms with Gasteiger partial charge in [0.2, 0.25) is 0 Å². The number of nitrogens with zero attached hydrogens (tertiary/aromatic N) is 1. The van der Waals surface area contributed by atoms with E-state index in [0.29, 0.717) is 5.92 Å². The van der Waals surface area contributed by atoms with Crippen molar-refractivity contribution in [2.24, 2.45) is 5.92 Å². The second-order valence-electron chi connectivity index (χ2n) is 18.0.